The van der Waals surface area contributed by atoms with Crippen LogP contribution >= 0.6 is 0 Å². The minimum atomic E-state index is 0.750. The van der Waals surface area contributed by atoms with Gasteiger partial charge in [0.05, 0.1) is 0 Å². The van der Waals surface area contributed by atoms with Crippen molar-refractivity contribution in [1.29, 1.82) is 5.26 Å². The highest BCUT2D eigenvalue weighted by Gasteiger charge is 2.05. The minimum absolute atomic E-state index is 0.750. The fraction of sp³-hybridized carbons (Fsp3) is 0.250. The van der Waals surface area contributed by atoms with Crippen LogP contribution in [0.2, 0.25) is 0 Å². The lowest BCUT2D eigenvalue weighted by Gasteiger charge is -2.08. The second-order valence-electron chi connectivity index (χ2n) is 4.38. The fourth-order valence-corrected chi connectivity index (χ4v) is 2.08. The molecule has 18 heavy (non-hydrogen) atoms. The fourth-order valence-electron chi connectivity index (χ4n) is 2.08. The van der Waals surface area contributed by atoms with Crippen molar-refractivity contribution < 1.29 is 0 Å². The lowest BCUT2D eigenvalue weighted by atomic mass is 9.98. The molecule has 0 saturated heterocycles. The second-order valence-corrected chi connectivity index (χ2v) is 4.38. The molecule has 0 aromatic heterocycles. The van der Waals surface area contributed by atoms with Crippen LogP contribution in [-0.4, -0.2) is 5.71 Å². The van der Waals surface area contributed by atoms with Crippen molar-refractivity contribution in [2.75, 3.05) is 0 Å². The van der Waals surface area contributed by atoms with Gasteiger partial charge in [0.2, 0.25) is 6.19 Å². The van der Waals surface area contributed by atoms with E-state index in [1.54, 1.807) is 0 Å². The molecule has 90 valence electrons. The number of nitrogens with zero attached hydrogens (tertiary/aromatic N) is 2. The second kappa shape index (κ2) is 6.56. The van der Waals surface area contributed by atoms with E-state index in [1.165, 1.54) is 11.1 Å². The zero-order chi connectivity index (χ0) is 12.6. The summed E-state index contributed by atoms with van der Waals surface area (Å²) < 4.78 is 0. The Morgan fingerprint density at radius 3 is 2.67 bits per heavy atom. The third-order valence-corrected chi connectivity index (χ3v) is 2.94. The molecule has 2 nitrogen and oxygen atoms in total. The van der Waals surface area contributed by atoms with Crippen LogP contribution in [-0.2, 0) is 6.42 Å². The highest BCUT2D eigenvalue weighted by molar-refractivity contribution is 5.89. The van der Waals surface area contributed by atoms with E-state index in [0.29, 0.717) is 0 Å². The molecule has 0 atom stereocenters. The first-order chi connectivity index (χ1) is 8.88. The zero-order valence-electron chi connectivity index (χ0n) is 10.3. The molecular formula is C16H16N2. The van der Waals surface area contributed by atoms with E-state index in [2.05, 4.69) is 35.4 Å². The first kappa shape index (κ1) is 12.3. The van der Waals surface area contributed by atoms with E-state index in [9.17, 15) is 0 Å². The van der Waals surface area contributed by atoms with Crippen molar-refractivity contribution in [3.63, 3.8) is 0 Å². The van der Waals surface area contributed by atoms with Gasteiger partial charge < -0.3 is 0 Å². The summed E-state index contributed by atoms with van der Waals surface area (Å²) >= 11 is 0. The number of allylic oxidation sites excluding steroid dienone is 4. The monoisotopic (exact) mass is 236 g/mol. The maximum Gasteiger partial charge on any atom is 0.205 e. The number of rotatable bonds is 4. The molecule has 1 aliphatic rings. The average Bonchev–Trinajstić information content (AvgIpc) is 2.41. The molecule has 0 unspecified atom stereocenters. The van der Waals surface area contributed by atoms with Crippen LogP contribution < -0.4 is 0 Å². The van der Waals surface area contributed by atoms with Crippen molar-refractivity contribution >= 4 is 5.71 Å². The van der Waals surface area contributed by atoms with Gasteiger partial charge in [0.15, 0.2) is 0 Å². The Kier molecular flexibility index (Phi) is 4.49. The van der Waals surface area contributed by atoms with Crippen molar-refractivity contribution in [1.82, 2.24) is 0 Å². The van der Waals surface area contributed by atoms with Crippen LogP contribution in [0.25, 0.3) is 0 Å². The molecule has 1 aliphatic carbocycles. The van der Waals surface area contributed by atoms with Crippen molar-refractivity contribution in [3.05, 3.63) is 59.7 Å². The number of aliphatic imine (C=N–C) groups is 1. The van der Waals surface area contributed by atoms with Gasteiger partial charge in [-0.05, 0) is 24.0 Å². The van der Waals surface area contributed by atoms with Gasteiger partial charge in [0.1, 0.15) is 0 Å². The topological polar surface area (TPSA) is 36.1 Å². The van der Waals surface area contributed by atoms with Gasteiger partial charge in [-0.2, -0.15) is 10.3 Å². The quantitative estimate of drug-likeness (QED) is 0.578. The van der Waals surface area contributed by atoms with Crippen LogP contribution in [0.3, 0.4) is 0 Å². The molecule has 0 spiro atoms. The molecule has 0 amide bonds. The average molecular weight is 236 g/mol. The van der Waals surface area contributed by atoms with Crippen LogP contribution in [0.5, 0.6) is 0 Å². The molecule has 0 bridgehead atoms. The summed E-state index contributed by atoms with van der Waals surface area (Å²) in [7, 11) is 0. The highest BCUT2D eigenvalue weighted by atomic mass is 14.7. The predicted molar refractivity (Wildman–Crippen MR) is 74.3 cm³/mol. The summed E-state index contributed by atoms with van der Waals surface area (Å²) in [5.74, 6) is 0. The summed E-state index contributed by atoms with van der Waals surface area (Å²) in [6.07, 6.45) is 12.2. The van der Waals surface area contributed by atoms with E-state index in [0.717, 1.165) is 31.4 Å². The third kappa shape index (κ3) is 3.71. The number of hydrogen-bond acceptors (Lipinski definition) is 2. The van der Waals surface area contributed by atoms with Crippen molar-refractivity contribution in [2.24, 2.45) is 4.99 Å². The Morgan fingerprint density at radius 2 is 2.00 bits per heavy atom. The number of benzene rings is 1. The molecule has 0 heterocycles. The molecule has 2 heteroatoms. The molecule has 1 aromatic carbocycles. The zero-order valence-corrected chi connectivity index (χ0v) is 10.3. The molecule has 0 fully saturated rings. The Labute approximate surface area is 108 Å². The largest absolute Gasteiger partial charge is 0.205 e. The standard InChI is InChI=1S/C16H16N2/c17-13-18-16(11-14-7-3-1-4-8-14)12-15-9-5-2-6-10-15/h1,3-5,7-10H,2,6,11-12H2. The Morgan fingerprint density at radius 1 is 1.17 bits per heavy atom. The van der Waals surface area contributed by atoms with Crippen LogP contribution in [0.4, 0.5) is 0 Å². The van der Waals surface area contributed by atoms with Gasteiger partial charge in [-0.25, -0.2) is 0 Å². The first-order valence-corrected chi connectivity index (χ1v) is 6.22. The lowest BCUT2D eigenvalue weighted by molar-refractivity contribution is 1.00. The third-order valence-electron chi connectivity index (χ3n) is 2.94. The molecular weight excluding hydrogens is 220 g/mol. The highest BCUT2D eigenvalue weighted by Crippen LogP contribution is 2.15. The summed E-state index contributed by atoms with van der Waals surface area (Å²) in [5, 5.41) is 8.77. The Balaban J connectivity index is 2.06. The van der Waals surface area contributed by atoms with Gasteiger partial charge in [-0.3, -0.25) is 0 Å². The molecule has 0 N–H and O–H groups in total. The SMILES string of the molecule is N#CN=C(CC1=CCCC=C1)Cc1ccccc1. The van der Waals surface area contributed by atoms with Gasteiger partial charge in [-0.15, -0.1) is 0 Å². The Hall–Kier alpha value is -2.14. The maximum absolute atomic E-state index is 8.77. The Bertz CT molecular complexity index is 516. The molecule has 2 rings (SSSR count). The van der Waals surface area contributed by atoms with E-state index in [1.807, 2.05) is 24.4 Å². The summed E-state index contributed by atoms with van der Waals surface area (Å²) in [5.41, 5.74) is 3.40. The van der Waals surface area contributed by atoms with E-state index < -0.39 is 0 Å². The van der Waals surface area contributed by atoms with E-state index in [4.69, 9.17) is 5.26 Å². The minimum Gasteiger partial charge on any atom is -0.182 e. The molecule has 0 aliphatic heterocycles. The van der Waals surface area contributed by atoms with Crippen LogP contribution in [0, 0.1) is 11.5 Å². The molecule has 0 radical (unpaired) electrons. The van der Waals surface area contributed by atoms with Gasteiger partial charge in [-0.1, -0.05) is 48.6 Å². The number of nitriles is 1. The smallest absolute Gasteiger partial charge is 0.182 e. The van der Waals surface area contributed by atoms with E-state index >= 15 is 0 Å². The van der Waals surface area contributed by atoms with Crippen molar-refractivity contribution in [3.8, 4) is 6.19 Å². The summed E-state index contributed by atoms with van der Waals surface area (Å²) in [4.78, 5) is 3.96. The summed E-state index contributed by atoms with van der Waals surface area (Å²) in [6.45, 7) is 0. The van der Waals surface area contributed by atoms with Gasteiger partial charge in [0.25, 0.3) is 0 Å². The van der Waals surface area contributed by atoms with E-state index in [-0.39, 0.29) is 0 Å². The first-order valence-electron chi connectivity index (χ1n) is 6.22. The summed E-state index contributed by atoms with van der Waals surface area (Å²) in [6, 6.07) is 10.2. The normalized spacial score (nSPS) is 15.1. The van der Waals surface area contributed by atoms with Crippen LogP contribution in [0.1, 0.15) is 24.8 Å². The predicted octanol–water partition coefficient (Wildman–Crippen LogP) is 3.82. The number of hydrogen-bond donors (Lipinski definition) is 0. The lowest BCUT2D eigenvalue weighted by Crippen LogP contribution is -2.05. The van der Waals surface area contributed by atoms with Crippen molar-refractivity contribution in [2.45, 2.75) is 25.7 Å². The van der Waals surface area contributed by atoms with Gasteiger partial charge in [0, 0.05) is 18.6 Å². The molecule has 1 aromatic rings. The maximum atomic E-state index is 8.77. The van der Waals surface area contributed by atoms with Crippen LogP contribution in [0.15, 0.2) is 59.1 Å². The molecule has 0 saturated carbocycles. The van der Waals surface area contributed by atoms with Gasteiger partial charge >= 0.3 is 0 Å².